The smallest absolute Gasteiger partial charge is 0.194 e. The van der Waals surface area contributed by atoms with Crippen LogP contribution in [0.1, 0.15) is 19.4 Å². The van der Waals surface area contributed by atoms with E-state index in [1.807, 2.05) is 0 Å². The minimum absolute atomic E-state index is 0.0737. The van der Waals surface area contributed by atoms with Gasteiger partial charge in [0.05, 0.1) is 6.61 Å². The Labute approximate surface area is 106 Å². The van der Waals surface area contributed by atoms with Crippen molar-refractivity contribution in [3.05, 3.63) is 33.6 Å². The molecule has 0 bridgehead atoms. The van der Waals surface area contributed by atoms with Crippen LogP contribution in [0.2, 0.25) is 0 Å². The second-order valence-electron chi connectivity index (χ2n) is 3.28. The van der Waals surface area contributed by atoms with E-state index in [1.54, 1.807) is 13.8 Å². The molecule has 0 heterocycles. The van der Waals surface area contributed by atoms with Gasteiger partial charge in [-0.1, -0.05) is 15.9 Å². The lowest BCUT2D eigenvalue weighted by atomic mass is 10.2. The predicted octanol–water partition coefficient (Wildman–Crippen LogP) is 3.77. The van der Waals surface area contributed by atoms with Crippen LogP contribution in [0.15, 0.2) is 10.5 Å². The summed E-state index contributed by atoms with van der Waals surface area (Å²) in [4.78, 5) is 0. The molecule has 0 aromatic heterocycles. The number of benzene rings is 1. The van der Waals surface area contributed by atoms with Gasteiger partial charge in [-0.25, -0.2) is 13.2 Å². The summed E-state index contributed by atoms with van der Waals surface area (Å²) in [6.45, 7) is 3.66. The van der Waals surface area contributed by atoms with E-state index < -0.39 is 23.7 Å². The van der Waals surface area contributed by atoms with Gasteiger partial charge in [-0.15, -0.1) is 0 Å². The summed E-state index contributed by atoms with van der Waals surface area (Å²) < 4.78 is 49.5. The van der Waals surface area contributed by atoms with E-state index in [2.05, 4.69) is 15.9 Å². The monoisotopic (exact) mass is 312 g/mol. The predicted molar refractivity (Wildman–Crippen MR) is 59.9 cm³/mol. The van der Waals surface area contributed by atoms with Crippen molar-refractivity contribution >= 4 is 15.9 Å². The van der Waals surface area contributed by atoms with Gasteiger partial charge in [0.25, 0.3) is 0 Å². The van der Waals surface area contributed by atoms with Gasteiger partial charge >= 0.3 is 0 Å². The number of hydrogen-bond acceptors (Lipinski definition) is 2. The quantitative estimate of drug-likeness (QED) is 0.468. The van der Waals surface area contributed by atoms with E-state index in [0.29, 0.717) is 6.61 Å². The minimum Gasteiger partial charge on any atom is -0.353 e. The van der Waals surface area contributed by atoms with Crippen LogP contribution in [0.3, 0.4) is 0 Å². The van der Waals surface area contributed by atoms with Crippen LogP contribution in [-0.4, -0.2) is 12.9 Å². The van der Waals surface area contributed by atoms with E-state index in [0.717, 1.165) is 6.07 Å². The Morgan fingerprint density at radius 3 is 2.47 bits per heavy atom. The lowest BCUT2D eigenvalue weighted by Gasteiger charge is -2.14. The molecule has 6 heteroatoms. The van der Waals surface area contributed by atoms with Crippen LogP contribution in [0.5, 0.6) is 0 Å². The molecule has 1 atom stereocenters. The maximum Gasteiger partial charge on any atom is 0.194 e. The average Bonchev–Trinajstić information content (AvgIpc) is 2.26. The van der Waals surface area contributed by atoms with E-state index in [4.69, 9.17) is 9.47 Å². The van der Waals surface area contributed by atoms with Crippen molar-refractivity contribution in [1.82, 2.24) is 0 Å². The zero-order valence-electron chi connectivity index (χ0n) is 9.40. The number of hydrogen-bond donors (Lipinski definition) is 0. The van der Waals surface area contributed by atoms with Crippen molar-refractivity contribution in [2.75, 3.05) is 6.61 Å². The van der Waals surface area contributed by atoms with Crippen molar-refractivity contribution in [3.63, 3.8) is 0 Å². The van der Waals surface area contributed by atoms with E-state index >= 15 is 0 Å². The topological polar surface area (TPSA) is 18.5 Å². The fourth-order valence-electron chi connectivity index (χ4n) is 1.22. The molecular formula is C11H12BrF3O2. The number of halogens is 4. The van der Waals surface area contributed by atoms with Crippen LogP contribution >= 0.6 is 15.9 Å². The van der Waals surface area contributed by atoms with Crippen molar-refractivity contribution in [1.29, 1.82) is 0 Å². The second kappa shape index (κ2) is 6.37. The molecule has 0 saturated heterocycles. The summed E-state index contributed by atoms with van der Waals surface area (Å²) in [6, 6.07) is 0.864. The lowest BCUT2D eigenvalue weighted by Crippen LogP contribution is -2.13. The molecule has 17 heavy (non-hydrogen) atoms. The lowest BCUT2D eigenvalue weighted by molar-refractivity contribution is -0.135. The Kier molecular flexibility index (Phi) is 5.42. The Balaban J connectivity index is 2.81. The second-order valence-corrected chi connectivity index (χ2v) is 4.14. The first-order valence-electron chi connectivity index (χ1n) is 5.02. The van der Waals surface area contributed by atoms with Gasteiger partial charge < -0.3 is 9.47 Å². The maximum atomic E-state index is 13.4. The summed E-state index contributed by atoms with van der Waals surface area (Å²) in [5, 5.41) is 0. The molecule has 0 amide bonds. The molecule has 1 aromatic carbocycles. The summed E-state index contributed by atoms with van der Waals surface area (Å²) in [7, 11) is 0. The Morgan fingerprint density at radius 2 is 1.88 bits per heavy atom. The largest absolute Gasteiger partial charge is 0.353 e. The highest BCUT2D eigenvalue weighted by Gasteiger charge is 2.18. The van der Waals surface area contributed by atoms with Gasteiger partial charge in [-0.2, -0.15) is 0 Å². The van der Waals surface area contributed by atoms with E-state index in [1.165, 1.54) is 0 Å². The van der Waals surface area contributed by atoms with Crippen LogP contribution in [0.25, 0.3) is 0 Å². The Bertz CT molecular complexity index is 399. The molecule has 0 fully saturated rings. The zero-order valence-corrected chi connectivity index (χ0v) is 11.0. The van der Waals surface area contributed by atoms with Crippen LogP contribution < -0.4 is 0 Å². The Hall–Kier alpha value is -0.590. The van der Waals surface area contributed by atoms with Gasteiger partial charge in [0.1, 0.15) is 0 Å². The first-order valence-corrected chi connectivity index (χ1v) is 5.81. The average molecular weight is 313 g/mol. The van der Waals surface area contributed by atoms with Gasteiger partial charge in [0, 0.05) is 16.6 Å². The molecular weight excluding hydrogens is 301 g/mol. The zero-order chi connectivity index (χ0) is 13.0. The van der Waals surface area contributed by atoms with Gasteiger partial charge in [0.15, 0.2) is 23.7 Å². The fourth-order valence-corrected chi connectivity index (χ4v) is 1.71. The highest BCUT2D eigenvalue weighted by molar-refractivity contribution is 9.10. The third-order valence-electron chi connectivity index (χ3n) is 2.07. The van der Waals surface area contributed by atoms with Crippen LogP contribution in [0, 0.1) is 17.5 Å². The molecule has 2 nitrogen and oxygen atoms in total. The number of rotatable bonds is 5. The molecule has 0 spiro atoms. The van der Waals surface area contributed by atoms with E-state index in [-0.39, 0.29) is 16.6 Å². The molecule has 0 saturated carbocycles. The van der Waals surface area contributed by atoms with Crippen molar-refractivity contribution in [2.45, 2.75) is 26.7 Å². The molecule has 0 aliphatic carbocycles. The maximum absolute atomic E-state index is 13.4. The van der Waals surface area contributed by atoms with Gasteiger partial charge in [-0.05, 0) is 19.9 Å². The third-order valence-corrected chi connectivity index (χ3v) is 2.78. The summed E-state index contributed by atoms with van der Waals surface area (Å²) in [6.07, 6.45) is -0.542. The SMILES string of the molecule is CCOC(C)OCc1c(Br)cc(F)c(F)c1F. The molecule has 0 aliphatic heterocycles. The van der Waals surface area contributed by atoms with Crippen molar-refractivity contribution < 1.29 is 22.6 Å². The molecule has 0 radical (unpaired) electrons. The molecule has 0 aliphatic rings. The van der Waals surface area contributed by atoms with Crippen molar-refractivity contribution in [3.8, 4) is 0 Å². The van der Waals surface area contributed by atoms with E-state index in [9.17, 15) is 13.2 Å². The first-order chi connectivity index (χ1) is 7.97. The van der Waals surface area contributed by atoms with Crippen LogP contribution in [-0.2, 0) is 16.1 Å². The normalized spacial score (nSPS) is 12.8. The van der Waals surface area contributed by atoms with Crippen LogP contribution in [0.4, 0.5) is 13.2 Å². The van der Waals surface area contributed by atoms with Gasteiger partial charge in [-0.3, -0.25) is 0 Å². The summed E-state index contributed by atoms with van der Waals surface area (Å²) >= 11 is 2.95. The third kappa shape index (κ3) is 3.69. The number of ether oxygens (including phenoxy) is 2. The first kappa shape index (κ1) is 14.5. The summed E-state index contributed by atoms with van der Waals surface area (Å²) in [5.74, 6) is -3.99. The molecule has 96 valence electrons. The fraction of sp³-hybridized carbons (Fsp3) is 0.455. The molecule has 1 unspecified atom stereocenters. The molecule has 1 rings (SSSR count). The molecule has 1 aromatic rings. The molecule has 0 N–H and O–H groups in total. The van der Waals surface area contributed by atoms with Gasteiger partial charge in [0.2, 0.25) is 0 Å². The summed E-state index contributed by atoms with van der Waals surface area (Å²) in [5.41, 5.74) is -0.0737. The standard InChI is InChI=1S/C11H12BrF3O2/c1-3-16-6(2)17-5-7-8(12)4-9(13)11(15)10(7)14/h4,6H,3,5H2,1-2H3. The minimum atomic E-state index is -1.50. The highest BCUT2D eigenvalue weighted by atomic mass is 79.9. The highest BCUT2D eigenvalue weighted by Crippen LogP contribution is 2.25. The Morgan fingerprint density at radius 1 is 1.24 bits per heavy atom. The van der Waals surface area contributed by atoms with Crippen molar-refractivity contribution in [2.24, 2.45) is 0 Å².